The smallest absolute Gasteiger partial charge is 0.315 e. The Kier molecular flexibility index (Phi) is 5.59. The lowest BCUT2D eigenvalue weighted by atomic mass is 10.1. The lowest BCUT2D eigenvalue weighted by molar-refractivity contribution is -0.144. The molecular formula is C17H27N5O3S. The van der Waals surface area contributed by atoms with Crippen molar-refractivity contribution < 1.29 is 14.7 Å². The third-order valence-electron chi connectivity index (χ3n) is 4.69. The van der Waals surface area contributed by atoms with Gasteiger partial charge in [0.2, 0.25) is 0 Å². The molecule has 8 nitrogen and oxygen atoms in total. The Hall–Kier alpha value is -1.58. The van der Waals surface area contributed by atoms with Crippen molar-refractivity contribution in [1.29, 1.82) is 0 Å². The highest BCUT2D eigenvalue weighted by Crippen LogP contribution is 2.37. The van der Waals surface area contributed by atoms with Crippen molar-refractivity contribution >= 4 is 29.4 Å². The third kappa shape index (κ3) is 3.89. The molecule has 1 saturated heterocycles. The number of fused-ring (bicyclic) bond motifs is 1. The molecule has 1 fully saturated rings. The maximum Gasteiger partial charge on any atom is 0.315 e. The second-order valence-electron chi connectivity index (χ2n) is 7.66. The highest BCUT2D eigenvalue weighted by atomic mass is 32.2. The van der Waals surface area contributed by atoms with Crippen molar-refractivity contribution in [2.75, 3.05) is 44.6 Å². The van der Waals surface area contributed by atoms with Crippen LogP contribution in [0.15, 0.2) is 0 Å². The van der Waals surface area contributed by atoms with Gasteiger partial charge in [-0.25, -0.2) is 4.68 Å². The summed E-state index contributed by atoms with van der Waals surface area (Å²) in [6.45, 7) is 9.13. The molecule has 2 N–H and O–H groups in total. The van der Waals surface area contributed by atoms with Crippen LogP contribution in [0.2, 0.25) is 0 Å². The van der Waals surface area contributed by atoms with E-state index < -0.39 is 11.8 Å². The molecule has 2 aliphatic rings. The average Bonchev–Trinajstić information content (AvgIpc) is 3.17. The number of hydrogen-bond acceptors (Lipinski definition) is 6. The molecule has 0 atom stereocenters. The molecule has 2 amide bonds. The second-order valence-corrected chi connectivity index (χ2v) is 8.65. The van der Waals surface area contributed by atoms with Crippen molar-refractivity contribution in [3.05, 3.63) is 11.3 Å². The number of carbonyl (C=O) groups is 2. The second kappa shape index (κ2) is 7.58. The molecular weight excluding hydrogens is 354 g/mol. The predicted molar refractivity (Wildman–Crippen MR) is 101 cm³/mol. The van der Waals surface area contributed by atoms with Gasteiger partial charge in [0.05, 0.1) is 17.8 Å². The van der Waals surface area contributed by atoms with E-state index in [9.17, 15) is 9.59 Å². The van der Waals surface area contributed by atoms with Crippen LogP contribution in [0.5, 0.6) is 0 Å². The fourth-order valence-corrected chi connectivity index (χ4v) is 4.28. The minimum atomic E-state index is -0.606. The quantitative estimate of drug-likeness (QED) is 0.740. The predicted octanol–water partition coefficient (Wildman–Crippen LogP) is 0.460. The van der Waals surface area contributed by atoms with E-state index in [1.165, 1.54) is 0 Å². The number of aliphatic hydroxyl groups is 1. The average molecular weight is 382 g/mol. The highest BCUT2D eigenvalue weighted by Gasteiger charge is 2.32. The first kappa shape index (κ1) is 19.2. The van der Waals surface area contributed by atoms with E-state index in [1.54, 1.807) is 16.7 Å². The van der Waals surface area contributed by atoms with Gasteiger partial charge in [-0.3, -0.25) is 14.5 Å². The summed E-state index contributed by atoms with van der Waals surface area (Å²) in [5, 5.41) is 16.5. The number of hydrogen-bond donors (Lipinski definition) is 2. The van der Waals surface area contributed by atoms with E-state index in [0.717, 1.165) is 22.8 Å². The van der Waals surface area contributed by atoms with Crippen LogP contribution in [0.25, 0.3) is 0 Å². The van der Waals surface area contributed by atoms with E-state index in [2.05, 4.69) is 15.3 Å². The molecule has 9 heteroatoms. The van der Waals surface area contributed by atoms with Gasteiger partial charge in [0, 0.05) is 49.8 Å². The number of carbonyl (C=O) groups excluding carboxylic acids is 2. The van der Waals surface area contributed by atoms with Gasteiger partial charge in [-0.05, 0) is 20.8 Å². The van der Waals surface area contributed by atoms with E-state index >= 15 is 0 Å². The number of rotatable bonds is 3. The zero-order valence-electron chi connectivity index (χ0n) is 15.6. The Morgan fingerprint density at radius 1 is 1.19 bits per heavy atom. The van der Waals surface area contributed by atoms with Crippen LogP contribution in [-0.4, -0.2) is 75.8 Å². The van der Waals surface area contributed by atoms with Crippen LogP contribution < -0.4 is 5.32 Å². The van der Waals surface area contributed by atoms with Crippen LogP contribution >= 0.6 is 11.8 Å². The maximum atomic E-state index is 12.6. The van der Waals surface area contributed by atoms with E-state index in [1.807, 2.05) is 25.5 Å². The van der Waals surface area contributed by atoms with Gasteiger partial charge in [-0.15, -0.1) is 0 Å². The van der Waals surface area contributed by atoms with Gasteiger partial charge >= 0.3 is 11.8 Å². The molecule has 0 radical (unpaired) electrons. The van der Waals surface area contributed by atoms with E-state index in [-0.39, 0.29) is 12.1 Å². The lowest BCUT2D eigenvalue weighted by Gasteiger charge is -2.34. The Bertz CT molecular complexity index is 689. The summed E-state index contributed by atoms with van der Waals surface area (Å²) in [6, 6.07) is 0. The monoisotopic (exact) mass is 381 g/mol. The number of nitrogens with zero attached hydrogens (tertiary/aromatic N) is 4. The van der Waals surface area contributed by atoms with Crippen LogP contribution in [-0.2, 0) is 26.6 Å². The van der Waals surface area contributed by atoms with Crippen LogP contribution in [0, 0.1) is 0 Å². The van der Waals surface area contributed by atoms with Crippen molar-refractivity contribution in [3.8, 4) is 0 Å². The molecule has 26 heavy (non-hydrogen) atoms. The Morgan fingerprint density at radius 3 is 2.50 bits per heavy atom. The molecule has 1 aromatic heterocycles. The number of thioether (sulfide) groups is 1. The lowest BCUT2D eigenvalue weighted by Crippen LogP contribution is -2.52. The first-order valence-electron chi connectivity index (χ1n) is 8.93. The summed E-state index contributed by atoms with van der Waals surface area (Å²) in [7, 11) is 0. The number of aromatic nitrogens is 2. The molecule has 0 aliphatic carbocycles. The summed E-state index contributed by atoms with van der Waals surface area (Å²) in [6.07, 6.45) is 0. The van der Waals surface area contributed by atoms with Gasteiger partial charge in [0.25, 0.3) is 0 Å². The third-order valence-corrected chi connectivity index (χ3v) is 5.66. The minimum absolute atomic E-state index is 0.106. The Morgan fingerprint density at radius 2 is 1.88 bits per heavy atom. The van der Waals surface area contributed by atoms with Crippen molar-refractivity contribution in [2.45, 2.75) is 37.8 Å². The van der Waals surface area contributed by atoms with Crippen molar-refractivity contribution in [2.24, 2.45) is 0 Å². The molecule has 2 aliphatic heterocycles. The number of anilines is 1. The van der Waals surface area contributed by atoms with Gasteiger partial charge in [-0.1, -0.05) is 0 Å². The van der Waals surface area contributed by atoms with Crippen LogP contribution in [0.4, 0.5) is 5.82 Å². The fourth-order valence-electron chi connectivity index (χ4n) is 3.25. The van der Waals surface area contributed by atoms with Gasteiger partial charge < -0.3 is 15.3 Å². The molecule has 0 bridgehead atoms. The van der Waals surface area contributed by atoms with Crippen molar-refractivity contribution in [3.63, 3.8) is 0 Å². The largest absolute Gasteiger partial charge is 0.395 e. The first-order valence-corrected chi connectivity index (χ1v) is 10.1. The fraction of sp³-hybridized carbons (Fsp3) is 0.706. The summed E-state index contributed by atoms with van der Waals surface area (Å²) in [5.74, 6) is 1.17. The number of nitrogens with one attached hydrogen (secondary N) is 1. The minimum Gasteiger partial charge on any atom is -0.395 e. The molecule has 144 valence electrons. The number of amides is 2. The van der Waals surface area contributed by atoms with E-state index in [4.69, 9.17) is 5.11 Å². The van der Waals surface area contributed by atoms with Gasteiger partial charge in [-0.2, -0.15) is 16.9 Å². The Balaban J connectivity index is 1.70. The van der Waals surface area contributed by atoms with E-state index in [0.29, 0.717) is 38.5 Å². The topological polar surface area (TPSA) is 90.7 Å². The highest BCUT2D eigenvalue weighted by molar-refractivity contribution is 7.98. The standard InChI is InChI=1S/C17H27N5O3S/c1-17(2,3)22-14(12-10-26-11-13(12)19-22)18-15(24)16(25)21-6-4-20(5-7-21)8-9-23/h23H,4-11H2,1-3H3,(H,18,24). The van der Waals surface area contributed by atoms with Crippen molar-refractivity contribution in [1.82, 2.24) is 19.6 Å². The normalized spacial score (nSPS) is 18.1. The molecule has 0 spiro atoms. The number of β-amino-alcohol motifs (C(OH)–C–C–N with tert-alkyl or cyclic N) is 1. The SMILES string of the molecule is CC(C)(C)n1nc2c(c1NC(=O)C(=O)N1CCN(CCO)CC1)CSC2. The summed E-state index contributed by atoms with van der Waals surface area (Å²) >= 11 is 1.76. The molecule has 0 aromatic carbocycles. The number of piperazine rings is 1. The Labute approximate surface area is 157 Å². The first-order chi connectivity index (χ1) is 12.3. The van der Waals surface area contributed by atoms with Crippen LogP contribution in [0.3, 0.4) is 0 Å². The van der Waals surface area contributed by atoms with Crippen LogP contribution in [0.1, 0.15) is 32.0 Å². The zero-order valence-corrected chi connectivity index (χ0v) is 16.4. The summed E-state index contributed by atoms with van der Waals surface area (Å²) < 4.78 is 1.82. The van der Waals surface area contributed by atoms with Gasteiger partial charge in [0.15, 0.2) is 0 Å². The van der Waals surface area contributed by atoms with Gasteiger partial charge in [0.1, 0.15) is 5.82 Å². The maximum absolute atomic E-state index is 12.6. The molecule has 3 rings (SSSR count). The zero-order chi connectivity index (χ0) is 18.9. The summed E-state index contributed by atoms with van der Waals surface area (Å²) in [4.78, 5) is 28.8. The molecule has 0 saturated carbocycles. The number of aliphatic hydroxyl groups excluding tert-OH is 1. The molecule has 1 aromatic rings. The molecule has 3 heterocycles. The molecule has 0 unspecified atom stereocenters. The summed E-state index contributed by atoms with van der Waals surface area (Å²) in [5.41, 5.74) is 1.74.